The first-order chi connectivity index (χ1) is 17.5. The Labute approximate surface area is 209 Å². The van der Waals surface area contributed by atoms with E-state index in [2.05, 4.69) is 15.3 Å². The number of aryl methyl sites for hydroxylation is 1. The van der Waals surface area contributed by atoms with Gasteiger partial charge in [-0.1, -0.05) is 6.07 Å². The first-order valence-electron chi connectivity index (χ1n) is 11.8. The van der Waals surface area contributed by atoms with E-state index in [0.717, 1.165) is 35.2 Å². The van der Waals surface area contributed by atoms with E-state index in [1.54, 1.807) is 12.1 Å². The number of aliphatic hydroxyl groups is 2. The Morgan fingerprint density at radius 3 is 2.81 bits per heavy atom. The van der Waals surface area contributed by atoms with Crippen LogP contribution in [0.4, 0.5) is 5.69 Å². The van der Waals surface area contributed by atoms with Gasteiger partial charge in [0.2, 0.25) is 5.88 Å². The second-order valence-electron chi connectivity index (χ2n) is 8.68. The first kappa shape index (κ1) is 25.3. The van der Waals surface area contributed by atoms with Gasteiger partial charge in [0, 0.05) is 48.3 Å². The van der Waals surface area contributed by atoms with Gasteiger partial charge < -0.3 is 25.0 Å². The van der Waals surface area contributed by atoms with Crippen molar-refractivity contribution < 1.29 is 24.5 Å². The molecule has 0 saturated carbocycles. The van der Waals surface area contributed by atoms with Crippen LogP contribution in [-0.2, 0) is 4.74 Å². The van der Waals surface area contributed by atoms with Crippen LogP contribution in [0.2, 0.25) is 0 Å². The van der Waals surface area contributed by atoms with Crippen molar-refractivity contribution >= 4 is 11.6 Å². The van der Waals surface area contributed by atoms with Crippen LogP contribution in [0.15, 0.2) is 48.7 Å². The molecule has 0 radical (unpaired) electrons. The number of nitrogens with one attached hydrogen (secondary N) is 1. The zero-order valence-electron chi connectivity index (χ0n) is 20.0. The van der Waals surface area contributed by atoms with Crippen LogP contribution in [0.3, 0.4) is 0 Å². The highest BCUT2D eigenvalue weighted by Gasteiger charge is 2.20. The molecule has 0 aliphatic carbocycles. The normalized spacial score (nSPS) is 14.6. The molecule has 3 aromatic rings. The summed E-state index contributed by atoms with van der Waals surface area (Å²) in [6.07, 6.45) is 2.12. The van der Waals surface area contributed by atoms with E-state index >= 15 is 0 Å². The molecule has 186 valence electrons. The molecule has 9 heteroatoms. The zero-order valence-corrected chi connectivity index (χ0v) is 20.0. The molecule has 4 rings (SSSR count). The molecule has 1 saturated heterocycles. The number of anilines is 1. The van der Waals surface area contributed by atoms with Crippen LogP contribution in [0.25, 0.3) is 11.1 Å². The predicted molar refractivity (Wildman–Crippen MR) is 133 cm³/mol. The fourth-order valence-corrected chi connectivity index (χ4v) is 4.04. The summed E-state index contributed by atoms with van der Waals surface area (Å²) in [5.74, 6) is 0.229. The molecule has 3 N–H and O–H groups in total. The van der Waals surface area contributed by atoms with E-state index in [1.165, 1.54) is 12.3 Å². The van der Waals surface area contributed by atoms with Crippen LogP contribution in [0, 0.1) is 18.3 Å². The molecule has 9 nitrogen and oxygen atoms in total. The van der Waals surface area contributed by atoms with Gasteiger partial charge in [-0.15, -0.1) is 0 Å². The van der Waals surface area contributed by atoms with Gasteiger partial charge in [0.25, 0.3) is 5.91 Å². The van der Waals surface area contributed by atoms with Gasteiger partial charge in [0.1, 0.15) is 24.5 Å². The number of amides is 1. The minimum atomic E-state index is -1.00. The maximum atomic E-state index is 12.8. The lowest BCUT2D eigenvalue weighted by Gasteiger charge is -2.23. The molecule has 36 heavy (non-hydrogen) atoms. The molecular formula is C27H28N4O5. The highest BCUT2D eigenvalue weighted by Crippen LogP contribution is 2.34. The monoisotopic (exact) mass is 488 g/mol. The Balaban J connectivity index is 1.65. The summed E-state index contributed by atoms with van der Waals surface area (Å²) >= 11 is 0. The van der Waals surface area contributed by atoms with Crippen LogP contribution >= 0.6 is 0 Å². The molecule has 1 aliphatic heterocycles. The molecule has 3 heterocycles. The molecule has 0 spiro atoms. The minimum absolute atomic E-state index is 0.0775. The molecule has 2 aromatic heterocycles. The fraction of sp³-hybridized carbons (Fsp3) is 0.333. The van der Waals surface area contributed by atoms with Crippen molar-refractivity contribution in [2.24, 2.45) is 0 Å². The van der Waals surface area contributed by atoms with E-state index in [4.69, 9.17) is 19.8 Å². The van der Waals surface area contributed by atoms with Crippen molar-refractivity contribution in [3.05, 3.63) is 71.2 Å². The average molecular weight is 489 g/mol. The van der Waals surface area contributed by atoms with E-state index in [-0.39, 0.29) is 24.1 Å². The number of aliphatic hydroxyl groups excluding tert-OH is 2. The molecule has 1 amide bonds. The standard InChI is InChI=1S/C27H28N4O5/c1-17-2-3-21(30-27(34)19-4-7-29-22(10-19)14-28)13-24(17)20-11-25(18-5-8-35-9-6-18)31-26(12-20)36-16-23(33)15-32/h2-4,7,10-13,18,23,32-33H,5-6,8-9,15-16H2,1H3,(H,30,34). The summed E-state index contributed by atoms with van der Waals surface area (Å²) < 4.78 is 11.2. The number of hydrogen-bond donors (Lipinski definition) is 3. The van der Waals surface area contributed by atoms with E-state index in [1.807, 2.05) is 37.3 Å². The molecule has 0 bridgehead atoms. The molecule has 1 aromatic carbocycles. The van der Waals surface area contributed by atoms with Gasteiger partial charge in [-0.2, -0.15) is 5.26 Å². The first-order valence-corrected chi connectivity index (χ1v) is 11.8. The SMILES string of the molecule is Cc1ccc(NC(=O)c2ccnc(C#N)c2)cc1-c1cc(OCC(O)CO)nc(C2CCOCC2)c1. The summed E-state index contributed by atoms with van der Waals surface area (Å²) in [4.78, 5) is 21.3. The Morgan fingerprint density at radius 1 is 1.25 bits per heavy atom. The van der Waals surface area contributed by atoms with Crippen molar-refractivity contribution in [3.8, 4) is 23.1 Å². The maximum Gasteiger partial charge on any atom is 0.255 e. The second kappa shape index (κ2) is 11.7. The summed E-state index contributed by atoms with van der Waals surface area (Å²) in [7, 11) is 0. The van der Waals surface area contributed by atoms with Gasteiger partial charge in [-0.25, -0.2) is 9.97 Å². The largest absolute Gasteiger partial charge is 0.475 e. The molecule has 1 fully saturated rings. The number of rotatable bonds is 8. The fourth-order valence-electron chi connectivity index (χ4n) is 4.04. The predicted octanol–water partition coefficient (Wildman–Crippen LogP) is 3.20. The topological polar surface area (TPSA) is 138 Å². The van der Waals surface area contributed by atoms with Crippen molar-refractivity contribution in [2.75, 3.05) is 31.7 Å². The number of ether oxygens (including phenoxy) is 2. The van der Waals surface area contributed by atoms with Gasteiger partial charge in [-0.3, -0.25) is 4.79 Å². The molecule has 1 atom stereocenters. The van der Waals surface area contributed by atoms with Crippen LogP contribution in [0.1, 0.15) is 46.1 Å². The van der Waals surface area contributed by atoms with Gasteiger partial charge in [0.05, 0.1) is 6.61 Å². The van der Waals surface area contributed by atoms with Crippen LogP contribution in [-0.4, -0.2) is 58.6 Å². The quantitative estimate of drug-likeness (QED) is 0.440. The zero-order chi connectivity index (χ0) is 25.5. The lowest BCUT2D eigenvalue weighted by atomic mass is 9.92. The third-order valence-corrected chi connectivity index (χ3v) is 6.04. The van der Waals surface area contributed by atoms with E-state index in [0.29, 0.717) is 30.3 Å². The summed E-state index contributed by atoms with van der Waals surface area (Å²) in [6, 6.07) is 14.4. The Kier molecular flexibility index (Phi) is 8.23. The number of benzene rings is 1. The summed E-state index contributed by atoms with van der Waals surface area (Å²) in [5, 5.41) is 30.8. The smallest absolute Gasteiger partial charge is 0.255 e. The number of nitrogens with zero attached hydrogens (tertiary/aromatic N) is 3. The van der Waals surface area contributed by atoms with Gasteiger partial charge in [0.15, 0.2) is 0 Å². The summed E-state index contributed by atoms with van der Waals surface area (Å²) in [5.41, 5.74) is 4.73. The van der Waals surface area contributed by atoms with E-state index < -0.39 is 12.7 Å². The Hall–Kier alpha value is -3.84. The Morgan fingerprint density at radius 2 is 2.06 bits per heavy atom. The number of carbonyl (C=O) groups is 1. The lowest BCUT2D eigenvalue weighted by molar-refractivity contribution is 0.0518. The number of carbonyl (C=O) groups excluding carboxylic acids is 1. The van der Waals surface area contributed by atoms with E-state index in [9.17, 15) is 9.90 Å². The Bertz CT molecular complexity index is 1270. The van der Waals surface area contributed by atoms with Crippen molar-refractivity contribution in [2.45, 2.75) is 31.8 Å². The van der Waals surface area contributed by atoms with Crippen LogP contribution < -0.4 is 10.1 Å². The van der Waals surface area contributed by atoms with Crippen LogP contribution in [0.5, 0.6) is 5.88 Å². The van der Waals surface area contributed by atoms with Gasteiger partial charge >= 0.3 is 0 Å². The number of nitriles is 1. The maximum absolute atomic E-state index is 12.8. The highest BCUT2D eigenvalue weighted by atomic mass is 16.5. The number of pyridine rings is 2. The summed E-state index contributed by atoms with van der Waals surface area (Å²) in [6.45, 7) is 2.83. The minimum Gasteiger partial charge on any atom is -0.475 e. The number of hydrogen-bond acceptors (Lipinski definition) is 8. The van der Waals surface area contributed by atoms with Crippen molar-refractivity contribution in [3.63, 3.8) is 0 Å². The average Bonchev–Trinajstić information content (AvgIpc) is 2.93. The van der Waals surface area contributed by atoms with Crippen molar-refractivity contribution in [1.82, 2.24) is 9.97 Å². The second-order valence-corrected chi connectivity index (χ2v) is 8.68. The number of aromatic nitrogens is 2. The highest BCUT2D eigenvalue weighted by molar-refractivity contribution is 6.04. The van der Waals surface area contributed by atoms with Gasteiger partial charge in [-0.05, 0) is 66.8 Å². The van der Waals surface area contributed by atoms with Crippen molar-refractivity contribution in [1.29, 1.82) is 5.26 Å². The third kappa shape index (κ3) is 6.23. The lowest BCUT2D eigenvalue weighted by Crippen LogP contribution is -2.22. The molecule has 1 aliphatic rings. The molecule has 1 unspecified atom stereocenters. The third-order valence-electron chi connectivity index (χ3n) is 6.04. The molecular weight excluding hydrogens is 460 g/mol.